The molecule has 2 fully saturated rings. The smallest absolute Gasteiger partial charge is 0.0594 e. The quantitative estimate of drug-likeness (QED) is 0.317. The van der Waals surface area contributed by atoms with Crippen molar-refractivity contribution in [3.05, 3.63) is 84.3 Å². The van der Waals surface area contributed by atoms with Crippen molar-refractivity contribution in [3.63, 3.8) is 0 Å². The van der Waals surface area contributed by atoms with Crippen molar-refractivity contribution in [2.75, 3.05) is 39.4 Å². The fraction of sp³-hybridized carbons (Fsp3) is 0.516. The van der Waals surface area contributed by atoms with E-state index in [0.29, 0.717) is 23.9 Å². The molecule has 0 spiro atoms. The lowest BCUT2D eigenvalue weighted by molar-refractivity contribution is 0.0195. The van der Waals surface area contributed by atoms with Crippen molar-refractivity contribution in [1.82, 2.24) is 9.80 Å². The minimum atomic E-state index is 0.345. The molecule has 0 aromatic heterocycles. The highest BCUT2D eigenvalue weighted by Crippen LogP contribution is 2.34. The Hall–Kier alpha value is -1.94. The molecule has 0 amide bonds. The number of hydrogen-bond acceptors (Lipinski definition) is 3. The Bertz CT molecular complexity index is 894. The maximum atomic E-state index is 5.50. The van der Waals surface area contributed by atoms with Crippen LogP contribution in [0, 0.1) is 18.3 Å². The number of piperidine rings is 1. The Morgan fingerprint density at radius 3 is 2.32 bits per heavy atom. The van der Waals surface area contributed by atoms with Crippen LogP contribution in [0.2, 0.25) is 0 Å². The average Bonchev–Trinajstić information content (AvgIpc) is 3.68. The van der Waals surface area contributed by atoms with Gasteiger partial charge in [0.2, 0.25) is 0 Å². The molecule has 2 aliphatic heterocycles. The van der Waals surface area contributed by atoms with Gasteiger partial charge in [-0.05, 0) is 62.7 Å². The van der Waals surface area contributed by atoms with E-state index in [-0.39, 0.29) is 0 Å². The zero-order chi connectivity index (χ0) is 24.1. The Labute approximate surface area is 207 Å². The highest BCUT2D eigenvalue weighted by atomic mass is 16.5. The summed E-state index contributed by atoms with van der Waals surface area (Å²) in [6, 6.07) is 10.2. The van der Waals surface area contributed by atoms with Gasteiger partial charge in [0.15, 0.2) is 0 Å². The highest BCUT2D eigenvalue weighted by molar-refractivity contribution is 5.87. The van der Waals surface area contributed by atoms with E-state index >= 15 is 0 Å². The molecule has 1 aromatic carbocycles. The van der Waals surface area contributed by atoms with Crippen LogP contribution in [0.5, 0.6) is 0 Å². The zero-order valence-corrected chi connectivity index (χ0v) is 21.5. The summed E-state index contributed by atoms with van der Waals surface area (Å²) in [5.74, 6) is 0.908. The van der Waals surface area contributed by atoms with Crippen LogP contribution in [0.25, 0.3) is 5.57 Å². The summed E-state index contributed by atoms with van der Waals surface area (Å²) in [7, 11) is 0. The number of likely N-dealkylation sites (tertiary alicyclic amines) is 1. The Kier molecular flexibility index (Phi) is 8.63. The number of nitrogens with zero attached hydrogens (tertiary/aromatic N) is 2. The molecule has 0 saturated carbocycles. The average molecular weight is 460 g/mol. The van der Waals surface area contributed by atoms with Crippen molar-refractivity contribution in [3.8, 4) is 0 Å². The van der Waals surface area contributed by atoms with E-state index in [9.17, 15) is 0 Å². The first-order valence-corrected chi connectivity index (χ1v) is 13.1. The number of ether oxygens (including phenoxy) is 1. The summed E-state index contributed by atoms with van der Waals surface area (Å²) >= 11 is 0. The normalized spacial score (nSPS) is 27.2. The molecule has 1 radical (unpaired) electrons. The van der Waals surface area contributed by atoms with Gasteiger partial charge < -0.3 is 4.74 Å². The lowest BCUT2D eigenvalue weighted by Crippen LogP contribution is -2.50. The van der Waals surface area contributed by atoms with Crippen LogP contribution >= 0.6 is 0 Å². The van der Waals surface area contributed by atoms with Crippen LogP contribution in [0.1, 0.15) is 44.7 Å². The Balaban J connectivity index is 1.30. The predicted molar refractivity (Wildman–Crippen MR) is 145 cm³/mol. The van der Waals surface area contributed by atoms with Crippen LogP contribution in [0.15, 0.2) is 66.8 Å². The first-order chi connectivity index (χ1) is 16.4. The first-order valence-electron chi connectivity index (χ1n) is 13.1. The maximum absolute atomic E-state index is 5.50. The maximum Gasteiger partial charge on any atom is 0.0594 e. The van der Waals surface area contributed by atoms with Crippen molar-refractivity contribution in [1.29, 1.82) is 0 Å². The summed E-state index contributed by atoms with van der Waals surface area (Å²) in [6.07, 6.45) is 12.2. The summed E-state index contributed by atoms with van der Waals surface area (Å²) < 4.78 is 5.50. The molecule has 3 aliphatic rings. The molecule has 0 bridgehead atoms. The summed E-state index contributed by atoms with van der Waals surface area (Å²) in [5, 5.41) is 0. The standard InChI is InChI=1S/C31H43N2O/c1-6-28(22-27-7-9-29(10-8-27)30-11-12-30)23(2)19-24(3)31-20-25(4)33(26(5)21-31)14-13-32-15-17-34-18-16-32/h6-12,19,25-26,28,31H,1,3,13-18,20-22H2,2,4-5H3/b23-19-. The molecule has 0 N–H and O–H groups in total. The fourth-order valence-corrected chi connectivity index (χ4v) is 5.72. The lowest BCUT2D eigenvalue weighted by atomic mass is 9.81. The van der Waals surface area contributed by atoms with E-state index in [1.807, 2.05) is 0 Å². The molecule has 3 atom stereocenters. The third kappa shape index (κ3) is 6.59. The number of morpholine rings is 1. The van der Waals surface area contributed by atoms with Crippen molar-refractivity contribution in [2.45, 2.75) is 52.1 Å². The third-order valence-electron chi connectivity index (χ3n) is 8.04. The number of allylic oxidation sites excluding steroid dienone is 6. The Morgan fingerprint density at radius 1 is 1.09 bits per heavy atom. The molecular weight excluding hydrogens is 416 g/mol. The number of rotatable bonds is 10. The number of hydrogen-bond donors (Lipinski definition) is 0. The third-order valence-corrected chi connectivity index (χ3v) is 8.04. The largest absolute Gasteiger partial charge is 0.379 e. The van der Waals surface area contributed by atoms with Crippen LogP contribution in [0.3, 0.4) is 0 Å². The molecule has 2 saturated heterocycles. The van der Waals surface area contributed by atoms with Gasteiger partial charge in [0.05, 0.1) is 13.2 Å². The van der Waals surface area contributed by atoms with Gasteiger partial charge >= 0.3 is 0 Å². The molecule has 4 rings (SSSR count). The summed E-state index contributed by atoms with van der Waals surface area (Å²) in [4.78, 5) is 5.26. The van der Waals surface area contributed by atoms with E-state index in [1.165, 1.54) is 40.7 Å². The van der Waals surface area contributed by atoms with Gasteiger partial charge in [-0.2, -0.15) is 0 Å². The van der Waals surface area contributed by atoms with Crippen LogP contribution < -0.4 is 0 Å². The second-order valence-corrected chi connectivity index (χ2v) is 10.6. The predicted octanol–water partition coefficient (Wildman–Crippen LogP) is 5.96. The fourth-order valence-electron chi connectivity index (χ4n) is 5.72. The first kappa shape index (κ1) is 25.2. The van der Waals surface area contributed by atoms with Crippen LogP contribution in [-0.2, 0) is 11.2 Å². The molecule has 1 aromatic rings. The van der Waals surface area contributed by atoms with Gasteiger partial charge in [-0.1, -0.05) is 60.2 Å². The topological polar surface area (TPSA) is 15.7 Å². The van der Waals surface area contributed by atoms with Crippen molar-refractivity contribution in [2.24, 2.45) is 11.8 Å². The summed E-state index contributed by atoms with van der Waals surface area (Å²) in [6.45, 7) is 21.9. The minimum Gasteiger partial charge on any atom is -0.379 e. The molecule has 3 heteroatoms. The lowest BCUT2D eigenvalue weighted by Gasteiger charge is -2.44. The van der Waals surface area contributed by atoms with E-state index in [4.69, 9.17) is 4.74 Å². The minimum absolute atomic E-state index is 0.345. The molecule has 34 heavy (non-hydrogen) atoms. The molecule has 183 valence electrons. The number of benzene rings is 1. The zero-order valence-electron chi connectivity index (χ0n) is 21.5. The second kappa shape index (κ2) is 11.7. The van der Waals surface area contributed by atoms with E-state index in [2.05, 4.69) is 92.6 Å². The second-order valence-electron chi connectivity index (χ2n) is 10.6. The van der Waals surface area contributed by atoms with Gasteiger partial charge in [-0.25, -0.2) is 0 Å². The molecule has 1 aliphatic carbocycles. The SMILES string of the molecule is C=CC(Cc1ccc(C2=C[CH]2)cc1)/C(C)=C\C(=C)C1CC(C)N(CCN2CCOCC2)C(C)C1. The van der Waals surface area contributed by atoms with Gasteiger partial charge in [0, 0.05) is 50.6 Å². The Morgan fingerprint density at radius 2 is 1.74 bits per heavy atom. The molecule has 3 nitrogen and oxygen atoms in total. The van der Waals surface area contributed by atoms with E-state index < -0.39 is 0 Å². The van der Waals surface area contributed by atoms with Crippen molar-refractivity contribution >= 4 is 5.57 Å². The van der Waals surface area contributed by atoms with E-state index in [0.717, 1.165) is 45.8 Å². The van der Waals surface area contributed by atoms with Gasteiger partial charge in [0.25, 0.3) is 0 Å². The van der Waals surface area contributed by atoms with Gasteiger partial charge in [-0.15, -0.1) is 6.58 Å². The summed E-state index contributed by atoms with van der Waals surface area (Å²) in [5.41, 5.74) is 6.71. The van der Waals surface area contributed by atoms with Gasteiger partial charge in [-0.3, -0.25) is 9.80 Å². The highest BCUT2D eigenvalue weighted by Gasteiger charge is 2.31. The van der Waals surface area contributed by atoms with E-state index in [1.54, 1.807) is 0 Å². The monoisotopic (exact) mass is 459 g/mol. The molecule has 3 unspecified atom stereocenters. The van der Waals surface area contributed by atoms with Crippen LogP contribution in [-0.4, -0.2) is 61.3 Å². The van der Waals surface area contributed by atoms with Crippen molar-refractivity contribution < 1.29 is 4.74 Å². The molecular formula is C31H43N2O. The molecule has 2 heterocycles. The van der Waals surface area contributed by atoms with Crippen LogP contribution in [0.4, 0.5) is 0 Å². The van der Waals surface area contributed by atoms with Gasteiger partial charge in [0.1, 0.15) is 0 Å².